The lowest BCUT2D eigenvalue weighted by atomic mass is 9.96. The Hall–Kier alpha value is -2.25. The van der Waals surface area contributed by atoms with Crippen LogP contribution in [0.4, 0.5) is 0 Å². The van der Waals surface area contributed by atoms with Crippen molar-refractivity contribution in [2.75, 3.05) is 26.4 Å². The minimum Gasteiger partial charge on any atom is -0.394 e. The molecule has 0 aromatic rings. The van der Waals surface area contributed by atoms with Crippen LogP contribution in [0.5, 0.6) is 0 Å². The first-order valence-electron chi connectivity index (χ1n) is 37.4. The second-order valence-corrected chi connectivity index (χ2v) is 26.8. The molecule has 0 aromatic heterocycles. The van der Waals surface area contributed by atoms with Crippen LogP contribution < -0.4 is 5.32 Å². The average Bonchev–Trinajstić information content (AvgIpc) is 0.985. The van der Waals surface area contributed by atoms with Crippen molar-refractivity contribution in [1.29, 1.82) is 0 Å². The van der Waals surface area contributed by atoms with Gasteiger partial charge in [0, 0.05) is 6.42 Å². The molecule has 0 saturated carbocycles. The minimum atomic E-state index is -1.98. The zero-order valence-electron chi connectivity index (χ0n) is 57.7. The number of aliphatic hydroxyl groups excluding tert-OH is 11. The van der Waals surface area contributed by atoms with E-state index in [1.54, 1.807) is 6.08 Å². The van der Waals surface area contributed by atoms with E-state index in [4.69, 9.17) is 28.4 Å². The first kappa shape index (κ1) is 85.0. The number of rotatable bonds is 58. The SMILES string of the molecule is CCCCC/C=C\C/C=C\C/C=C\CCCCCCCCC(=O)NC(COC1OC(CO)C(OC2OC(CO)C(OC3OC(CO)C(O)C(O)C3O)C(O)C2O)C(O)C1O)C(O)/C=C/CCCCCCCCCCCCCCCCCCCCCCCCCCCCC. The molecule has 19 heteroatoms. The van der Waals surface area contributed by atoms with E-state index in [0.29, 0.717) is 6.42 Å². The summed E-state index contributed by atoms with van der Waals surface area (Å²) in [5.74, 6) is -0.286. The van der Waals surface area contributed by atoms with Crippen molar-refractivity contribution in [2.24, 2.45) is 0 Å². The third-order valence-electron chi connectivity index (χ3n) is 18.6. The first-order chi connectivity index (χ1) is 45.3. The van der Waals surface area contributed by atoms with Crippen molar-refractivity contribution in [3.63, 3.8) is 0 Å². The van der Waals surface area contributed by atoms with Gasteiger partial charge >= 0.3 is 0 Å². The second kappa shape index (κ2) is 55.6. The van der Waals surface area contributed by atoms with Crippen LogP contribution in [-0.4, -0.2) is 193 Å². The number of aliphatic hydroxyl groups is 11. The van der Waals surface area contributed by atoms with Crippen molar-refractivity contribution in [1.82, 2.24) is 5.32 Å². The summed E-state index contributed by atoms with van der Waals surface area (Å²) in [6.07, 6.45) is 40.9. The lowest BCUT2D eigenvalue weighted by Crippen LogP contribution is -2.66. The fourth-order valence-electron chi connectivity index (χ4n) is 12.6. The molecule has 93 heavy (non-hydrogen) atoms. The maximum atomic E-state index is 13.4. The smallest absolute Gasteiger partial charge is 0.220 e. The van der Waals surface area contributed by atoms with Crippen LogP contribution in [0, 0.1) is 0 Å². The van der Waals surface area contributed by atoms with Gasteiger partial charge in [0.1, 0.15) is 73.2 Å². The zero-order valence-corrected chi connectivity index (χ0v) is 57.7. The number of amides is 1. The molecule has 3 saturated heterocycles. The summed E-state index contributed by atoms with van der Waals surface area (Å²) in [4.78, 5) is 13.4. The third kappa shape index (κ3) is 37.0. The number of carbonyl (C=O) groups is 1. The highest BCUT2D eigenvalue weighted by Gasteiger charge is 2.53. The predicted octanol–water partition coefficient (Wildman–Crippen LogP) is 10.9. The summed E-state index contributed by atoms with van der Waals surface area (Å²) in [6, 6.07) is -0.983. The summed E-state index contributed by atoms with van der Waals surface area (Å²) < 4.78 is 34.4. The van der Waals surface area contributed by atoms with E-state index in [-0.39, 0.29) is 18.9 Å². The van der Waals surface area contributed by atoms with Crippen LogP contribution in [0.2, 0.25) is 0 Å². The minimum absolute atomic E-state index is 0.228. The summed E-state index contributed by atoms with van der Waals surface area (Å²) in [5.41, 5.74) is 0. The molecular formula is C74H135NO18. The highest BCUT2D eigenvalue weighted by atomic mass is 16.8. The van der Waals surface area contributed by atoms with Crippen LogP contribution in [-0.2, 0) is 33.2 Å². The van der Waals surface area contributed by atoms with Crippen molar-refractivity contribution in [3.8, 4) is 0 Å². The van der Waals surface area contributed by atoms with Gasteiger partial charge in [-0.2, -0.15) is 0 Å². The standard InChI is InChI=1S/C74H135NO18/c1-3-5-7-9-11-13-15-17-19-21-23-24-25-26-27-28-29-30-31-32-34-35-37-39-41-43-45-47-49-51-58(79)57(75-62(80)52-50-48-46-44-42-40-38-36-33-22-20-18-16-14-12-10-8-6-4-2)56-88-72-68(86)65(83)70(60(54-77)90-72)93-74-69(87)66(84)71(61(55-78)91-74)92-73-67(85)64(82)63(81)59(53-76)89-73/h12,14,18,20,33,36,49,51,57-61,63-74,76-79,81-87H,3-11,13,15-17,19,21-32,34-35,37-48,50,52-56H2,1-2H3,(H,75,80)/b14-12-,20-18-,36-33-,51-49+. The Morgan fingerprint density at radius 3 is 1.13 bits per heavy atom. The number of nitrogens with one attached hydrogen (secondary N) is 1. The Labute approximate surface area is 561 Å². The quantitative estimate of drug-likeness (QED) is 0.0199. The van der Waals surface area contributed by atoms with Crippen LogP contribution >= 0.6 is 0 Å². The van der Waals surface area contributed by atoms with Crippen LogP contribution in [0.15, 0.2) is 48.6 Å². The molecule has 17 atom stereocenters. The lowest BCUT2D eigenvalue weighted by molar-refractivity contribution is -0.379. The summed E-state index contributed by atoms with van der Waals surface area (Å²) in [6.45, 7) is 1.72. The van der Waals surface area contributed by atoms with Crippen LogP contribution in [0.3, 0.4) is 0 Å². The molecule has 3 fully saturated rings. The Morgan fingerprint density at radius 2 is 0.710 bits per heavy atom. The third-order valence-corrected chi connectivity index (χ3v) is 18.6. The van der Waals surface area contributed by atoms with Crippen molar-refractivity contribution in [3.05, 3.63) is 48.6 Å². The van der Waals surface area contributed by atoms with Gasteiger partial charge in [0.2, 0.25) is 5.91 Å². The second-order valence-electron chi connectivity index (χ2n) is 26.8. The Bertz CT molecular complexity index is 1870. The number of hydrogen-bond acceptors (Lipinski definition) is 18. The molecule has 19 nitrogen and oxygen atoms in total. The van der Waals surface area contributed by atoms with Gasteiger partial charge in [-0.3, -0.25) is 4.79 Å². The maximum absolute atomic E-state index is 13.4. The van der Waals surface area contributed by atoms with E-state index in [1.165, 1.54) is 173 Å². The van der Waals surface area contributed by atoms with Crippen LogP contribution in [0.1, 0.15) is 284 Å². The molecule has 3 heterocycles. The van der Waals surface area contributed by atoms with Gasteiger partial charge in [-0.25, -0.2) is 0 Å². The number of ether oxygens (including phenoxy) is 6. The molecule has 3 rings (SSSR count). The molecular weight excluding hydrogens is 1190 g/mol. The zero-order chi connectivity index (χ0) is 67.5. The topological polar surface area (TPSA) is 307 Å². The fourth-order valence-corrected chi connectivity index (χ4v) is 12.6. The molecule has 3 aliphatic heterocycles. The van der Waals surface area contributed by atoms with E-state index in [9.17, 15) is 61.0 Å². The molecule has 0 aliphatic carbocycles. The maximum Gasteiger partial charge on any atom is 0.220 e. The molecule has 3 aliphatic rings. The van der Waals surface area contributed by atoms with Crippen molar-refractivity contribution >= 4 is 5.91 Å². The number of allylic oxidation sites excluding steroid dienone is 7. The Morgan fingerprint density at radius 1 is 0.387 bits per heavy atom. The highest BCUT2D eigenvalue weighted by molar-refractivity contribution is 5.76. The number of hydrogen-bond donors (Lipinski definition) is 12. The number of unbranched alkanes of at least 4 members (excludes halogenated alkanes) is 36. The van der Waals surface area contributed by atoms with Gasteiger partial charge in [-0.1, -0.05) is 268 Å². The van der Waals surface area contributed by atoms with Gasteiger partial charge < -0.3 is 89.9 Å². The van der Waals surface area contributed by atoms with Gasteiger partial charge in [-0.05, 0) is 57.8 Å². The monoisotopic (exact) mass is 1330 g/mol. The van der Waals surface area contributed by atoms with Crippen molar-refractivity contribution in [2.45, 2.75) is 388 Å². The first-order valence-corrected chi connectivity index (χ1v) is 37.4. The molecule has 0 spiro atoms. The normalized spacial score (nSPS) is 27.8. The van der Waals surface area contributed by atoms with E-state index in [1.807, 2.05) is 6.08 Å². The molecule has 12 N–H and O–H groups in total. The summed E-state index contributed by atoms with van der Waals surface area (Å²) in [5, 5.41) is 121. The van der Waals surface area contributed by atoms with Crippen molar-refractivity contribution < 1.29 is 89.4 Å². The molecule has 0 bridgehead atoms. The highest BCUT2D eigenvalue weighted by Crippen LogP contribution is 2.33. The van der Waals surface area contributed by atoms with Gasteiger partial charge in [0.05, 0.1) is 38.6 Å². The van der Waals surface area contributed by atoms with E-state index < -0.39 is 124 Å². The van der Waals surface area contributed by atoms with E-state index >= 15 is 0 Å². The Kier molecular flexibility index (Phi) is 50.8. The Balaban J connectivity index is 1.41. The molecule has 544 valence electrons. The summed E-state index contributed by atoms with van der Waals surface area (Å²) in [7, 11) is 0. The van der Waals surface area contributed by atoms with Crippen LogP contribution in [0.25, 0.3) is 0 Å². The fraction of sp³-hybridized carbons (Fsp3) is 0.878. The largest absolute Gasteiger partial charge is 0.394 e. The average molecular weight is 1330 g/mol. The van der Waals surface area contributed by atoms with E-state index in [0.717, 1.165) is 83.5 Å². The lowest BCUT2D eigenvalue weighted by Gasteiger charge is -2.48. The molecule has 0 aromatic carbocycles. The molecule has 0 radical (unpaired) electrons. The predicted molar refractivity (Wildman–Crippen MR) is 365 cm³/mol. The number of carbonyl (C=O) groups excluding carboxylic acids is 1. The molecule has 17 unspecified atom stereocenters. The van der Waals surface area contributed by atoms with E-state index in [2.05, 4.69) is 55.6 Å². The molecule has 1 amide bonds. The van der Waals surface area contributed by atoms with Gasteiger partial charge in [-0.15, -0.1) is 0 Å². The van der Waals surface area contributed by atoms with Gasteiger partial charge in [0.15, 0.2) is 18.9 Å². The van der Waals surface area contributed by atoms with Gasteiger partial charge in [0.25, 0.3) is 0 Å². The summed E-state index contributed by atoms with van der Waals surface area (Å²) >= 11 is 0.